The van der Waals surface area contributed by atoms with Gasteiger partial charge in [-0.15, -0.1) is 0 Å². The summed E-state index contributed by atoms with van der Waals surface area (Å²) in [5, 5.41) is 0. The highest BCUT2D eigenvalue weighted by atomic mass is 16.7. The van der Waals surface area contributed by atoms with Crippen molar-refractivity contribution in [1.29, 1.82) is 0 Å². The largest absolute Gasteiger partial charge is 0.432 e. The number of fused-ring (bicyclic) bond motifs is 1. The SMILES string of the molecule is C=C(C)C(=O)OC1OCC2CCCC[C@@]21C. The predicted octanol–water partition coefficient (Wildman–Crippen LogP) is 2.66. The van der Waals surface area contributed by atoms with E-state index in [0.717, 1.165) is 13.0 Å². The molecule has 0 aromatic rings. The zero-order valence-corrected chi connectivity index (χ0v) is 10.1. The standard InChI is InChI=1S/C13H20O3/c1-9(2)11(14)16-12-13(3)7-5-4-6-10(13)8-15-12/h10,12H,1,4-8H2,2-3H3/t10?,12?,13-/m0/s1. The number of esters is 1. The molecule has 1 aliphatic heterocycles. The van der Waals surface area contributed by atoms with Crippen LogP contribution in [-0.2, 0) is 14.3 Å². The number of hydrogen-bond donors (Lipinski definition) is 0. The third kappa shape index (κ3) is 1.88. The second kappa shape index (κ2) is 4.21. The van der Waals surface area contributed by atoms with E-state index in [1.165, 1.54) is 19.3 Å². The molecule has 0 aromatic heterocycles. The maximum Gasteiger partial charge on any atom is 0.335 e. The molecule has 90 valence electrons. The van der Waals surface area contributed by atoms with Gasteiger partial charge < -0.3 is 9.47 Å². The molecule has 3 atom stereocenters. The van der Waals surface area contributed by atoms with E-state index in [-0.39, 0.29) is 17.7 Å². The second-order valence-electron chi connectivity index (χ2n) is 5.30. The Hall–Kier alpha value is -0.830. The maximum atomic E-state index is 11.5. The number of carbonyl (C=O) groups excluding carboxylic acids is 1. The summed E-state index contributed by atoms with van der Waals surface area (Å²) in [5.41, 5.74) is 0.454. The van der Waals surface area contributed by atoms with Gasteiger partial charge in [-0.2, -0.15) is 0 Å². The number of rotatable bonds is 2. The average Bonchev–Trinajstić information content (AvgIpc) is 2.56. The average molecular weight is 224 g/mol. The molecule has 2 unspecified atom stereocenters. The predicted molar refractivity (Wildman–Crippen MR) is 60.7 cm³/mol. The molecule has 1 heterocycles. The fraction of sp³-hybridized carbons (Fsp3) is 0.769. The second-order valence-corrected chi connectivity index (χ2v) is 5.30. The first-order valence-corrected chi connectivity index (χ1v) is 6.02. The molecule has 2 fully saturated rings. The lowest BCUT2D eigenvalue weighted by molar-refractivity contribution is -0.183. The van der Waals surface area contributed by atoms with Gasteiger partial charge in [0, 0.05) is 11.0 Å². The van der Waals surface area contributed by atoms with Gasteiger partial charge in [-0.3, -0.25) is 0 Å². The Morgan fingerprint density at radius 2 is 2.25 bits per heavy atom. The summed E-state index contributed by atoms with van der Waals surface area (Å²) in [5.74, 6) is 0.210. The van der Waals surface area contributed by atoms with E-state index in [2.05, 4.69) is 13.5 Å². The van der Waals surface area contributed by atoms with Crippen molar-refractivity contribution in [3.63, 3.8) is 0 Å². The first kappa shape index (κ1) is 11.6. The highest BCUT2D eigenvalue weighted by Crippen LogP contribution is 2.49. The minimum absolute atomic E-state index is 0.0172. The molecule has 0 amide bonds. The lowest BCUT2D eigenvalue weighted by atomic mass is 9.69. The molecule has 3 heteroatoms. The first-order chi connectivity index (χ1) is 7.54. The zero-order valence-electron chi connectivity index (χ0n) is 10.1. The van der Waals surface area contributed by atoms with Gasteiger partial charge in [-0.05, 0) is 25.7 Å². The van der Waals surface area contributed by atoms with Gasteiger partial charge in [0.25, 0.3) is 0 Å². The summed E-state index contributed by atoms with van der Waals surface area (Å²) in [4.78, 5) is 11.5. The maximum absolute atomic E-state index is 11.5. The van der Waals surface area contributed by atoms with Crippen LogP contribution < -0.4 is 0 Å². The molecule has 2 aliphatic rings. The summed E-state index contributed by atoms with van der Waals surface area (Å²) >= 11 is 0. The van der Waals surface area contributed by atoms with E-state index in [4.69, 9.17) is 9.47 Å². The molecule has 1 saturated heterocycles. The van der Waals surface area contributed by atoms with Gasteiger partial charge >= 0.3 is 5.97 Å². The molecule has 0 aromatic carbocycles. The Kier molecular flexibility index (Phi) is 3.06. The number of carbonyl (C=O) groups is 1. The Morgan fingerprint density at radius 1 is 1.50 bits per heavy atom. The van der Waals surface area contributed by atoms with Crippen molar-refractivity contribution < 1.29 is 14.3 Å². The van der Waals surface area contributed by atoms with Crippen LogP contribution in [0.4, 0.5) is 0 Å². The molecular formula is C13H20O3. The monoisotopic (exact) mass is 224 g/mol. The Bertz CT molecular complexity index is 310. The van der Waals surface area contributed by atoms with E-state index in [9.17, 15) is 4.79 Å². The molecule has 1 saturated carbocycles. The van der Waals surface area contributed by atoms with Gasteiger partial charge in [0.1, 0.15) is 0 Å². The Labute approximate surface area is 96.8 Å². The van der Waals surface area contributed by atoms with Crippen LogP contribution >= 0.6 is 0 Å². The van der Waals surface area contributed by atoms with Crippen LogP contribution in [0.2, 0.25) is 0 Å². The van der Waals surface area contributed by atoms with Crippen LogP contribution in [0.3, 0.4) is 0 Å². The molecule has 16 heavy (non-hydrogen) atoms. The van der Waals surface area contributed by atoms with Crippen LogP contribution in [0.5, 0.6) is 0 Å². The molecule has 3 nitrogen and oxygen atoms in total. The topological polar surface area (TPSA) is 35.5 Å². The lowest BCUT2D eigenvalue weighted by Gasteiger charge is -2.37. The molecule has 0 bridgehead atoms. The summed E-state index contributed by atoms with van der Waals surface area (Å²) < 4.78 is 11.0. The smallest absolute Gasteiger partial charge is 0.335 e. The van der Waals surface area contributed by atoms with E-state index < -0.39 is 0 Å². The lowest BCUT2D eigenvalue weighted by Crippen LogP contribution is -2.38. The van der Waals surface area contributed by atoms with Crippen molar-refractivity contribution in [3.05, 3.63) is 12.2 Å². The minimum atomic E-state index is -0.373. The van der Waals surface area contributed by atoms with Crippen LogP contribution in [-0.4, -0.2) is 18.9 Å². The third-order valence-electron chi connectivity index (χ3n) is 4.00. The van der Waals surface area contributed by atoms with Crippen LogP contribution in [0.25, 0.3) is 0 Å². The summed E-state index contributed by atoms with van der Waals surface area (Å²) in [7, 11) is 0. The van der Waals surface area contributed by atoms with Gasteiger partial charge in [0.05, 0.1) is 6.61 Å². The number of hydrogen-bond acceptors (Lipinski definition) is 3. The van der Waals surface area contributed by atoms with E-state index in [1.54, 1.807) is 6.92 Å². The molecular weight excluding hydrogens is 204 g/mol. The summed E-state index contributed by atoms with van der Waals surface area (Å²) in [6.07, 6.45) is 4.38. The van der Waals surface area contributed by atoms with Crippen molar-refractivity contribution in [2.75, 3.05) is 6.61 Å². The minimum Gasteiger partial charge on any atom is -0.432 e. The Balaban J connectivity index is 2.06. The quantitative estimate of drug-likeness (QED) is 0.534. The number of ether oxygens (including phenoxy) is 2. The fourth-order valence-electron chi connectivity index (χ4n) is 2.77. The van der Waals surface area contributed by atoms with Crippen molar-refractivity contribution in [1.82, 2.24) is 0 Å². The van der Waals surface area contributed by atoms with Gasteiger partial charge in [-0.1, -0.05) is 26.3 Å². The highest BCUT2D eigenvalue weighted by Gasteiger charge is 2.50. The van der Waals surface area contributed by atoms with Crippen LogP contribution in [0, 0.1) is 11.3 Å². The molecule has 0 radical (unpaired) electrons. The van der Waals surface area contributed by atoms with Gasteiger partial charge in [0.15, 0.2) is 0 Å². The highest BCUT2D eigenvalue weighted by molar-refractivity contribution is 5.87. The van der Waals surface area contributed by atoms with Crippen molar-refractivity contribution >= 4 is 5.97 Å². The zero-order chi connectivity index (χ0) is 11.8. The van der Waals surface area contributed by atoms with Crippen LogP contribution in [0.15, 0.2) is 12.2 Å². The van der Waals surface area contributed by atoms with Crippen molar-refractivity contribution in [2.24, 2.45) is 11.3 Å². The van der Waals surface area contributed by atoms with E-state index >= 15 is 0 Å². The summed E-state index contributed by atoms with van der Waals surface area (Å²) in [6.45, 7) is 8.17. The van der Waals surface area contributed by atoms with Gasteiger partial charge in [-0.25, -0.2) is 4.79 Å². The Morgan fingerprint density at radius 3 is 2.94 bits per heavy atom. The van der Waals surface area contributed by atoms with E-state index in [1.807, 2.05) is 0 Å². The van der Waals surface area contributed by atoms with Crippen molar-refractivity contribution in [2.45, 2.75) is 45.8 Å². The third-order valence-corrected chi connectivity index (χ3v) is 4.00. The summed E-state index contributed by atoms with van der Waals surface area (Å²) in [6, 6.07) is 0. The fourth-order valence-corrected chi connectivity index (χ4v) is 2.77. The first-order valence-electron chi connectivity index (χ1n) is 6.02. The van der Waals surface area contributed by atoms with E-state index in [0.29, 0.717) is 11.5 Å². The van der Waals surface area contributed by atoms with Crippen molar-refractivity contribution in [3.8, 4) is 0 Å². The van der Waals surface area contributed by atoms with Gasteiger partial charge in [0.2, 0.25) is 6.29 Å². The normalized spacial score (nSPS) is 37.9. The molecule has 0 spiro atoms. The molecule has 1 aliphatic carbocycles. The molecule has 0 N–H and O–H groups in total. The van der Waals surface area contributed by atoms with Crippen LogP contribution in [0.1, 0.15) is 39.5 Å². The molecule has 2 rings (SSSR count).